The highest BCUT2D eigenvalue weighted by atomic mass is 16.6. The van der Waals surface area contributed by atoms with Gasteiger partial charge in [0.25, 0.3) is 0 Å². The lowest BCUT2D eigenvalue weighted by molar-refractivity contribution is 0.0320. The quantitative estimate of drug-likeness (QED) is 0.353. The molecule has 4 rings (SSSR count). The molecule has 0 spiro atoms. The lowest BCUT2D eigenvalue weighted by Crippen LogP contribution is -2.12. The van der Waals surface area contributed by atoms with Crippen LogP contribution in [-0.4, -0.2) is 50.9 Å². The molecule has 0 aromatic heterocycles. The van der Waals surface area contributed by atoms with E-state index in [1.54, 1.807) is 0 Å². The summed E-state index contributed by atoms with van der Waals surface area (Å²) < 4.78 is 22.2. The minimum Gasteiger partial charge on any atom is -0.507 e. The molecule has 1 atom stereocenters. The van der Waals surface area contributed by atoms with E-state index in [9.17, 15) is 5.11 Å². The number of benzene rings is 3. The van der Waals surface area contributed by atoms with Crippen molar-refractivity contribution in [2.75, 3.05) is 39.6 Å². The summed E-state index contributed by atoms with van der Waals surface area (Å²) in [4.78, 5) is 0. The van der Waals surface area contributed by atoms with E-state index in [2.05, 4.69) is 0 Å². The van der Waals surface area contributed by atoms with Crippen molar-refractivity contribution in [1.82, 2.24) is 0 Å². The number of aromatic hydroxyl groups is 1. The van der Waals surface area contributed by atoms with Gasteiger partial charge in [0.1, 0.15) is 24.2 Å². The lowest BCUT2D eigenvalue weighted by atomic mass is 9.99. The Morgan fingerprint density at radius 3 is 2.44 bits per heavy atom. The topological polar surface area (TPSA) is 60.5 Å². The Bertz CT molecular complexity index is 933. The minimum absolute atomic E-state index is 0.285. The largest absolute Gasteiger partial charge is 0.507 e. The molecule has 1 heterocycles. The lowest BCUT2D eigenvalue weighted by Gasteiger charge is -2.15. The summed E-state index contributed by atoms with van der Waals surface area (Å²) in [5.41, 5.74) is 1.10. The van der Waals surface area contributed by atoms with Crippen LogP contribution in [0.3, 0.4) is 0 Å². The molecular formula is C22H24O5. The maximum absolute atomic E-state index is 10.7. The molecule has 1 unspecified atom stereocenters. The van der Waals surface area contributed by atoms with Crippen molar-refractivity contribution in [3.05, 3.63) is 48.0 Å². The van der Waals surface area contributed by atoms with Gasteiger partial charge in [0.05, 0.1) is 33.0 Å². The fraction of sp³-hybridized carbons (Fsp3) is 0.364. The average molecular weight is 368 g/mol. The van der Waals surface area contributed by atoms with Gasteiger partial charge in [-0.2, -0.15) is 0 Å². The molecule has 5 nitrogen and oxygen atoms in total. The van der Waals surface area contributed by atoms with Gasteiger partial charge in [-0.3, -0.25) is 0 Å². The van der Waals surface area contributed by atoms with Crippen molar-refractivity contribution in [2.45, 2.75) is 13.0 Å². The van der Waals surface area contributed by atoms with Gasteiger partial charge in [-0.25, -0.2) is 0 Å². The zero-order valence-electron chi connectivity index (χ0n) is 15.4. The first kappa shape index (κ1) is 18.0. The zero-order chi connectivity index (χ0) is 18.6. The Morgan fingerprint density at radius 2 is 1.63 bits per heavy atom. The summed E-state index contributed by atoms with van der Waals surface area (Å²) in [6.45, 7) is 5.47. The molecule has 0 amide bonds. The maximum atomic E-state index is 10.7. The zero-order valence-corrected chi connectivity index (χ0v) is 15.4. The van der Waals surface area contributed by atoms with Crippen LogP contribution in [0.2, 0.25) is 0 Å². The van der Waals surface area contributed by atoms with Crippen LogP contribution in [0.25, 0.3) is 21.5 Å². The standard InChI is InChI=1S/C22H24O5/c1-15-6-7-19-20(12-15)21(23)17-4-2-3-5-18(17)22(19)26-11-10-24-8-9-25-13-16-14-27-16/h2-7,12,16,23H,8-11,13-14H2,1H3. The van der Waals surface area contributed by atoms with Gasteiger partial charge < -0.3 is 24.1 Å². The van der Waals surface area contributed by atoms with E-state index in [-0.39, 0.29) is 6.10 Å². The number of aryl methyl sites for hydroxylation is 1. The van der Waals surface area contributed by atoms with Crippen molar-refractivity contribution >= 4 is 21.5 Å². The molecule has 0 saturated carbocycles. The number of hydrogen-bond donors (Lipinski definition) is 1. The second kappa shape index (κ2) is 8.13. The summed E-state index contributed by atoms with van der Waals surface area (Å²) in [6.07, 6.45) is 0.285. The third kappa shape index (κ3) is 4.16. The number of phenols is 1. The Labute approximate surface area is 158 Å². The van der Waals surface area contributed by atoms with Crippen molar-refractivity contribution in [3.8, 4) is 11.5 Å². The fourth-order valence-electron chi connectivity index (χ4n) is 3.19. The number of phenolic OH excluding ortho intramolecular Hbond substituents is 1. The molecule has 5 heteroatoms. The number of rotatable bonds is 9. The molecule has 3 aromatic rings. The normalized spacial score (nSPS) is 16.1. The molecule has 27 heavy (non-hydrogen) atoms. The summed E-state index contributed by atoms with van der Waals surface area (Å²) in [7, 11) is 0. The maximum Gasteiger partial charge on any atom is 0.135 e. The third-order valence-corrected chi connectivity index (χ3v) is 4.65. The SMILES string of the molecule is Cc1ccc2c(OCCOCCOCC3CO3)c3ccccc3c(O)c2c1. The fourth-order valence-corrected chi connectivity index (χ4v) is 3.19. The van der Waals surface area contributed by atoms with Crippen molar-refractivity contribution in [3.63, 3.8) is 0 Å². The Morgan fingerprint density at radius 1 is 0.926 bits per heavy atom. The van der Waals surface area contributed by atoms with E-state index >= 15 is 0 Å². The number of hydrogen-bond acceptors (Lipinski definition) is 5. The first-order valence-corrected chi connectivity index (χ1v) is 9.28. The highest BCUT2D eigenvalue weighted by Crippen LogP contribution is 2.42. The average Bonchev–Trinajstić information content (AvgIpc) is 3.51. The van der Waals surface area contributed by atoms with Gasteiger partial charge in [0.15, 0.2) is 0 Å². The van der Waals surface area contributed by atoms with E-state index in [1.807, 2.05) is 49.4 Å². The number of ether oxygens (including phenoxy) is 4. The second-order valence-electron chi connectivity index (χ2n) is 6.76. The van der Waals surface area contributed by atoms with Gasteiger partial charge in [0.2, 0.25) is 0 Å². The molecule has 0 radical (unpaired) electrons. The van der Waals surface area contributed by atoms with E-state index in [0.717, 1.165) is 39.5 Å². The van der Waals surface area contributed by atoms with Crippen molar-refractivity contribution < 1.29 is 24.1 Å². The highest BCUT2D eigenvalue weighted by Gasteiger charge is 2.22. The number of fused-ring (bicyclic) bond motifs is 2. The van der Waals surface area contributed by atoms with Crippen LogP contribution < -0.4 is 4.74 Å². The summed E-state index contributed by atoms with van der Waals surface area (Å²) >= 11 is 0. The molecular weight excluding hydrogens is 344 g/mol. The number of epoxide rings is 1. The molecule has 1 N–H and O–H groups in total. The van der Waals surface area contributed by atoms with Crippen molar-refractivity contribution in [1.29, 1.82) is 0 Å². The molecule has 0 bridgehead atoms. The predicted octanol–water partition coefficient (Wildman–Crippen LogP) is 3.82. The third-order valence-electron chi connectivity index (χ3n) is 4.65. The highest BCUT2D eigenvalue weighted by molar-refractivity contribution is 6.10. The second-order valence-corrected chi connectivity index (χ2v) is 6.76. The van der Waals surface area contributed by atoms with E-state index in [4.69, 9.17) is 18.9 Å². The van der Waals surface area contributed by atoms with Crippen LogP contribution in [0.5, 0.6) is 11.5 Å². The Hall–Kier alpha value is -2.34. The Balaban J connectivity index is 1.44. The molecule has 142 valence electrons. The molecule has 3 aromatic carbocycles. The van der Waals surface area contributed by atoms with Gasteiger partial charge in [-0.1, -0.05) is 42.0 Å². The van der Waals surface area contributed by atoms with E-state index < -0.39 is 0 Å². The monoisotopic (exact) mass is 368 g/mol. The van der Waals surface area contributed by atoms with Crippen LogP contribution in [-0.2, 0) is 14.2 Å². The first-order valence-electron chi connectivity index (χ1n) is 9.28. The predicted molar refractivity (Wildman–Crippen MR) is 105 cm³/mol. The summed E-state index contributed by atoms with van der Waals surface area (Å²) in [5.74, 6) is 1.08. The van der Waals surface area contributed by atoms with Crippen molar-refractivity contribution in [2.24, 2.45) is 0 Å². The van der Waals surface area contributed by atoms with E-state index in [0.29, 0.717) is 38.8 Å². The molecule has 1 saturated heterocycles. The van der Waals surface area contributed by atoms with Crippen LogP contribution in [0.1, 0.15) is 5.56 Å². The van der Waals surface area contributed by atoms with E-state index in [1.165, 1.54) is 0 Å². The van der Waals surface area contributed by atoms with Crippen LogP contribution in [0.15, 0.2) is 42.5 Å². The van der Waals surface area contributed by atoms with Crippen LogP contribution >= 0.6 is 0 Å². The minimum atomic E-state index is 0.285. The summed E-state index contributed by atoms with van der Waals surface area (Å²) in [6, 6.07) is 13.8. The first-order chi connectivity index (χ1) is 13.2. The molecule has 1 fully saturated rings. The smallest absolute Gasteiger partial charge is 0.135 e. The van der Waals surface area contributed by atoms with Crippen LogP contribution in [0, 0.1) is 6.92 Å². The molecule has 0 aliphatic carbocycles. The van der Waals surface area contributed by atoms with Crippen LogP contribution in [0.4, 0.5) is 0 Å². The molecule has 1 aliphatic rings. The van der Waals surface area contributed by atoms with Gasteiger partial charge >= 0.3 is 0 Å². The van der Waals surface area contributed by atoms with Gasteiger partial charge in [-0.05, 0) is 13.0 Å². The summed E-state index contributed by atoms with van der Waals surface area (Å²) in [5, 5.41) is 14.1. The van der Waals surface area contributed by atoms with Gasteiger partial charge in [0, 0.05) is 21.5 Å². The molecule has 1 aliphatic heterocycles. The van der Waals surface area contributed by atoms with Gasteiger partial charge in [-0.15, -0.1) is 0 Å². The Kier molecular flexibility index (Phi) is 5.43.